The van der Waals surface area contributed by atoms with Crippen LogP contribution < -0.4 is 0 Å². The first-order valence-corrected chi connectivity index (χ1v) is 6.46. The third kappa shape index (κ3) is 5.53. The van der Waals surface area contributed by atoms with Gasteiger partial charge >= 0.3 is 0 Å². The van der Waals surface area contributed by atoms with Crippen LogP contribution >= 0.6 is 0 Å². The molecule has 0 aliphatic carbocycles. The molecule has 0 saturated carbocycles. The van der Waals surface area contributed by atoms with Crippen molar-refractivity contribution < 1.29 is 9.47 Å². The first-order chi connectivity index (χ1) is 7.14. The largest absolute Gasteiger partial charge is 0.350 e. The van der Waals surface area contributed by atoms with Crippen molar-refractivity contribution in [3.63, 3.8) is 0 Å². The third-order valence-corrected chi connectivity index (χ3v) is 2.97. The van der Waals surface area contributed by atoms with Crippen LogP contribution in [0.2, 0.25) is 0 Å². The first kappa shape index (κ1) is 13.0. The topological polar surface area (TPSA) is 18.5 Å². The van der Waals surface area contributed by atoms with E-state index >= 15 is 0 Å². The minimum Gasteiger partial charge on any atom is -0.350 e. The number of unbranched alkanes of at least 4 members (excludes halogenated alkanes) is 4. The molecule has 0 radical (unpaired) electrons. The molecule has 1 aliphatic heterocycles. The van der Waals surface area contributed by atoms with Crippen molar-refractivity contribution in [3.05, 3.63) is 0 Å². The summed E-state index contributed by atoms with van der Waals surface area (Å²) in [5, 5.41) is 0. The molecular weight excluding hydrogens is 188 g/mol. The zero-order valence-corrected chi connectivity index (χ0v) is 10.6. The van der Waals surface area contributed by atoms with E-state index in [9.17, 15) is 0 Å². The molecule has 0 spiro atoms. The Labute approximate surface area is 94.3 Å². The van der Waals surface area contributed by atoms with Crippen molar-refractivity contribution in [1.82, 2.24) is 0 Å². The summed E-state index contributed by atoms with van der Waals surface area (Å²) in [6, 6.07) is 0. The van der Waals surface area contributed by atoms with Crippen LogP contribution in [0.1, 0.15) is 65.7 Å². The van der Waals surface area contributed by atoms with E-state index in [1.807, 2.05) is 13.8 Å². The van der Waals surface area contributed by atoms with Crippen molar-refractivity contribution in [2.75, 3.05) is 6.61 Å². The minimum atomic E-state index is -0.355. The van der Waals surface area contributed by atoms with E-state index in [1.54, 1.807) is 0 Å². The Hall–Kier alpha value is -0.0800. The molecule has 2 nitrogen and oxygen atoms in total. The molecule has 1 unspecified atom stereocenters. The van der Waals surface area contributed by atoms with Gasteiger partial charge in [0.2, 0.25) is 0 Å². The van der Waals surface area contributed by atoms with E-state index in [1.165, 1.54) is 38.5 Å². The first-order valence-electron chi connectivity index (χ1n) is 6.46. The molecule has 2 heteroatoms. The highest BCUT2D eigenvalue weighted by molar-refractivity contribution is 4.68. The van der Waals surface area contributed by atoms with Gasteiger partial charge in [-0.25, -0.2) is 0 Å². The Morgan fingerprint density at radius 3 is 2.53 bits per heavy atom. The van der Waals surface area contributed by atoms with Crippen LogP contribution in [0.4, 0.5) is 0 Å². The van der Waals surface area contributed by atoms with Gasteiger partial charge in [0.05, 0.1) is 12.7 Å². The lowest BCUT2D eigenvalue weighted by molar-refractivity contribution is -0.274. The summed E-state index contributed by atoms with van der Waals surface area (Å²) in [4.78, 5) is 0. The van der Waals surface area contributed by atoms with Crippen LogP contribution in [-0.4, -0.2) is 18.5 Å². The monoisotopic (exact) mass is 214 g/mol. The number of rotatable bonds is 6. The Morgan fingerprint density at radius 2 is 1.87 bits per heavy atom. The maximum Gasteiger partial charge on any atom is 0.163 e. The van der Waals surface area contributed by atoms with Crippen LogP contribution in [0.5, 0.6) is 0 Å². The van der Waals surface area contributed by atoms with Crippen molar-refractivity contribution in [1.29, 1.82) is 0 Å². The van der Waals surface area contributed by atoms with E-state index in [0.717, 1.165) is 13.0 Å². The molecule has 0 aromatic rings. The Balaban J connectivity index is 2.05. The fraction of sp³-hybridized carbons (Fsp3) is 1.00. The molecule has 1 fully saturated rings. The van der Waals surface area contributed by atoms with Crippen LogP contribution in [0.15, 0.2) is 0 Å². The van der Waals surface area contributed by atoms with Gasteiger partial charge in [0.1, 0.15) is 0 Å². The molecular formula is C13H26O2. The average molecular weight is 214 g/mol. The predicted molar refractivity (Wildman–Crippen MR) is 62.9 cm³/mol. The molecule has 0 aromatic heterocycles. The molecule has 0 amide bonds. The molecule has 0 aromatic carbocycles. The van der Waals surface area contributed by atoms with Crippen LogP contribution in [-0.2, 0) is 9.47 Å². The normalized spacial score (nSPS) is 25.4. The van der Waals surface area contributed by atoms with Crippen molar-refractivity contribution in [3.8, 4) is 0 Å². The van der Waals surface area contributed by atoms with E-state index in [0.29, 0.717) is 6.10 Å². The van der Waals surface area contributed by atoms with Crippen molar-refractivity contribution >= 4 is 0 Å². The molecule has 90 valence electrons. The lowest BCUT2D eigenvalue weighted by Crippen LogP contribution is -2.39. The summed E-state index contributed by atoms with van der Waals surface area (Å²) >= 11 is 0. The zero-order chi connectivity index (χ0) is 11.1. The Bertz CT molecular complexity index is 166. The van der Waals surface area contributed by atoms with Gasteiger partial charge in [-0.1, -0.05) is 39.0 Å². The zero-order valence-electron chi connectivity index (χ0n) is 10.6. The smallest absolute Gasteiger partial charge is 0.163 e. The van der Waals surface area contributed by atoms with Gasteiger partial charge in [0.25, 0.3) is 0 Å². The molecule has 1 rings (SSSR count). The summed E-state index contributed by atoms with van der Waals surface area (Å²) in [5.74, 6) is -0.355. The van der Waals surface area contributed by atoms with E-state index in [2.05, 4.69) is 6.92 Å². The summed E-state index contributed by atoms with van der Waals surface area (Å²) in [7, 11) is 0. The van der Waals surface area contributed by atoms with E-state index in [4.69, 9.17) is 9.47 Å². The highest BCUT2D eigenvalue weighted by atomic mass is 16.7. The highest BCUT2D eigenvalue weighted by Crippen LogP contribution is 2.25. The standard InChI is InChI=1S/C13H26O2/c1-4-5-6-7-8-9-12-10-11-14-13(2,3)15-12/h12H,4-11H2,1-3H3. The third-order valence-electron chi connectivity index (χ3n) is 2.97. The summed E-state index contributed by atoms with van der Waals surface area (Å²) in [6.07, 6.45) is 9.43. The van der Waals surface area contributed by atoms with Gasteiger partial charge in [0, 0.05) is 0 Å². The molecule has 15 heavy (non-hydrogen) atoms. The average Bonchev–Trinajstić information content (AvgIpc) is 2.16. The summed E-state index contributed by atoms with van der Waals surface area (Å²) < 4.78 is 11.4. The molecule has 1 atom stereocenters. The maximum atomic E-state index is 5.86. The fourth-order valence-corrected chi connectivity index (χ4v) is 2.11. The SMILES string of the molecule is CCCCCCCC1CCOC(C)(C)O1. The fourth-order valence-electron chi connectivity index (χ4n) is 2.11. The molecule has 1 aliphatic rings. The molecule has 0 bridgehead atoms. The Morgan fingerprint density at radius 1 is 1.13 bits per heavy atom. The van der Waals surface area contributed by atoms with Crippen LogP contribution in [0.25, 0.3) is 0 Å². The second-order valence-electron chi connectivity index (χ2n) is 4.98. The lowest BCUT2D eigenvalue weighted by atomic mass is 10.1. The highest BCUT2D eigenvalue weighted by Gasteiger charge is 2.28. The molecule has 1 saturated heterocycles. The van der Waals surface area contributed by atoms with Gasteiger partial charge in [-0.15, -0.1) is 0 Å². The predicted octanol–water partition coefficient (Wildman–Crippen LogP) is 3.89. The lowest BCUT2D eigenvalue weighted by Gasteiger charge is -2.36. The van der Waals surface area contributed by atoms with Gasteiger partial charge in [-0.3, -0.25) is 0 Å². The second kappa shape index (κ2) is 6.49. The van der Waals surface area contributed by atoms with E-state index in [-0.39, 0.29) is 5.79 Å². The quantitative estimate of drug-likeness (QED) is 0.624. The maximum absolute atomic E-state index is 5.86. The van der Waals surface area contributed by atoms with Gasteiger partial charge in [-0.2, -0.15) is 0 Å². The van der Waals surface area contributed by atoms with E-state index < -0.39 is 0 Å². The van der Waals surface area contributed by atoms with Crippen molar-refractivity contribution in [2.45, 2.75) is 77.6 Å². The number of hydrogen-bond acceptors (Lipinski definition) is 2. The van der Waals surface area contributed by atoms with Crippen molar-refractivity contribution in [2.24, 2.45) is 0 Å². The number of hydrogen-bond donors (Lipinski definition) is 0. The summed E-state index contributed by atoms with van der Waals surface area (Å²) in [6.45, 7) is 7.13. The minimum absolute atomic E-state index is 0.355. The number of ether oxygens (including phenoxy) is 2. The van der Waals surface area contributed by atoms with Crippen LogP contribution in [0.3, 0.4) is 0 Å². The van der Waals surface area contributed by atoms with Gasteiger partial charge in [-0.05, 0) is 26.7 Å². The van der Waals surface area contributed by atoms with Crippen LogP contribution in [0, 0.1) is 0 Å². The molecule has 0 N–H and O–H groups in total. The Kier molecular flexibility index (Phi) is 5.62. The van der Waals surface area contributed by atoms with Gasteiger partial charge in [0.15, 0.2) is 5.79 Å². The summed E-state index contributed by atoms with van der Waals surface area (Å²) in [5.41, 5.74) is 0. The van der Waals surface area contributed by atoms with Gasteiger partial charge < -0.3 is 9.47 Å². The second-order valence-corrected chi connectivity index (χ2v) is 4.98. The molecule has 1 heterocycles.